The summed E-state index contributed by atoms with van der Waals surface area (Å²) in [6, 6.07) is 3.26. The highest BCUT2D eigenvalue weighted by Gasteiger charge is 2.07. The fourth-order valence-electron chi connectivity index (χ4n) is 0.882. The Labute approximate surface area is 73.4 Å². The van der Waals surface area contributed by atoms with Crippen molar-refractivity contribution in [2.24, 2.45) is 0 Å². The molecule has 0 heterocycles. The summed E-state index contributed by atoms with van der Waals surface area (Å²) < 4.78 is 40.3. The summed E-state index contributed by atoms with van der Waals surface area (Å²) in [6.07, 6.45) is 1.25. The lowest BCUT2D eigenvalue weighted by Gasteiger charge is -2.07. The minimum Gasteiger partial charge on any atom is -0.434 e. The second-order valence-corrected chi connectivity index (χ2v) is 2.26. The molecule has 0 bridgehead atoms. The number of rotatable bonds is 3. The third-order valence-electron chi connectivity index (χ3n) is 1.41. The van der Waals surface area contributed by atoms with Crippen molar-refractivity contribution in [3.05, 3.63) is 36.2 Å². The molecule has 0 saturated heterocycles. The van der Waals surface area contributed by atoms with Crippen molar-refractivity contribution in [3.63, 3.8) is 0 Å². The van der Waals surface area contributed by atoms with E-state index in [-0.39, 0.29) is 11.3 Å². The number of halogens is 3. The van der Waals surface area contributed by atoms with Gasteiger partial charge in [-0.05, 0) is 18.2 Å². The van der Waals surface area contributed by atoms with Crippen LogP contribution in [0.3, 0.4) is 0 Å². The van der Waals surface area contributed by atoms with Crippen molar-refractivity contribution in [1.82, 2.24) is 0 Å². The lowest BCUT2D eigenvalue weighted by atomic mass is 10.2. The maximum atomic E-state index is 12.6. The lowest BCUT2D eigenvalue weighted by Crippen LogP contribution is -2.03. The highest BCUT2D eigenvalue weighted by Crippen LogP contribution is 2.22. The van der Waals surface area contributed by atoms with Gasteiger partial charge in [0.25, 0.3) is 0 Å². The van der Waals surface area contributed by atoms with Crippen LogP contribution in [0.25, 0.3) is 6.08 Å². The number of hydrogen-bond donors (Lipinski definition) is 0. The zero-order chi connectivity index (χ0) is 9.84. The Hall–Kier alpha value is -1.45. The average molecular weight is 188 g/mol. The van der Waals surface area contributed by atoms with Gasteiger partial charge in [-0.2, -0.15) is 8.78 Å². The summed E-state index contributed by atoms with van der Waals surface area (Å²) in [7, 11) is 0. The number of alkyl halides is 2. The van der Waals surface area contributed by atoms with Crippen LogP contribution in [-0.2, 0) is 0 Å². The first-order valence-electron chi connectivity index (χ1n) is 3.50. The van der Waals surface area contributed by atoms with Crippen LogP contribution < -0.4 is 4.74 Å². The highest BCUT2D eigenvalue weighted by atomic mass is 19.3. The predicted molar refractivity (Wildman–Crippen MR) is 43.1 cm³/mol. The molecule has 0 aliphatic rings. The molecule has 1 aromatic rings. The van der Waals surface area contributed by atoms with Gasteiger partial charge in [0.15, 0.2) is 0 Å². The van der Waals surface area contributed by atoms with Crippen LogP contribution in [0.2, 0.25) is 0 Å². The van der Waals surface area contributed by atoms with Crippen molar-refractivity contribution >= 4 is 6.08 Å². The molecule has 0 aromatic heterocycles. The first-order valence-corrected chi connectivity index (χ1v) is 3.50. The van der Waals surface area contributed by atoms with Gasteiger partial charge in [-0.15, -0.1) is 0 Å². The van der Waals surface area contributed by atoms with Gasteiger partial charge >= 0.3 is 6.61 Å². The zero-order valence-electron chi connectivity index (χ0n) is 6.64. The normalized spacial score (nSPS) is 10.2. The van der Waals surface area contributed by atoms with E-state index < -0.39 is 12.4 Å². The summed E-state index contributed by atoms with van der Waals surface area (Å²) in [6.45, 7) is 0.436. The maximum Gasteiger partial charge on any atom is 0.387 e. The third-order valence-corrected chi connectivity index (χ3v) is 1.41. The maximum absolute atomic E-state index is 12.6. The lowest BCUT2D eigenvalue weighted by molar-refractivity contribution is -0.0500. The van der Waals surface area contributed by atoms with E-state index in [2.05, 4.69) is 11.3 Å². The highest BCUT2D eigenvalue weighted by molar-refractivity contribution is 5.55. The van der Waals surface area contributed by atoms with Gasteiger partial charge in [-0.1, -0.05) is 12.7 Å². The van der Waals surface area contributed by atoms with Gasteiger partial charge in [0.05, 0.1) is 0 Å². The van der Waals surface area contributed by atoms with Gasteiger partial charge in [0.1, 0.15) is 11.6 Å². The van der Waals surface area contributed by atoms with E-state index in [1.807, 2.05) is 0 Å². The number of hydrogen-bond acceptors (Lipinski definition) is 1. The molecule has 0 spiro atoms. The SMILES string of the molecule is C=Cc1cc(F)ccc1OC(F)F. The molecule has 0 amide bonds. The second-order valence-electron chi connectivity index (χ2n) is 2.26. The fourth-order valence-corrected chi connectivity index (χ4v) is 0.882. The molecule has 0 aliphatic heterocycles. The Kier molecular flexibility index (Phi) is 2.95. The van der Waals surface area contributed by atoms with Crippen LogP contribution in [0.15, 0.2) is 24.8 Å². The van der Waals surface area contributed by atoms with Crippen LogP contribution in [0, 0.1) is 5.82 Å². The number of ether oxygens (including phenoxy) is 1. The smallest absolute Gasteiger partial charge is 0.387 e. The average Bonchev–Trinajstić information content (AvgIpc) is 2.07. The molecule has 0 N–H and O–H groups in total. The van der Waals surface area contributed by atoms with Crippen LogP contribution in [-0.4, -0.2) is 6.61 Å². The Bertz CT molecular complexity index is 310. The van der Waals surface area contributed by atoms with Gasteiger partial charge in [-0.25, -0.2) is 4.39 Å². The first-order chi connectivity index (χ1) is 6.13. The molecule has 0 aliphatic carbocycles. The standard InChI is InChI=1S/C9H7F3O/c1-2-6-5-7(10)3-4-8(6)13-9(11)12/h2-5,9H,1H2. The summed E-state index contributed by atoms with van der Waals surface area (Å²) in [5, 5.41) is 0. The molecule has 0 fully saturated rings. The van der Waals surface area contributed by atoms with Crippen LogP contribution >= 0.6 is 0 Å². The van der Waals surface area contributed by atoms with Gasteiger partial charge < -0.3 is 4.74 Å². The van der Waals surface area contributed by atoms with Crippen LogP contribution in [0.1, 0.15) is 5.56 Å². The van der Waals surface area contributed by atoms with Gasteiger partial charge in [-0.3, -0.25) is 0 Å². The topological polar surface area (TPSA) is 9.23 Å². The zero-order valence-corrected chi connectivity index (χ0v) is 6.64. The largest absolute Gasteiger partial charge is 0.434 e. The Morgan fingerprint density at radius 1 is 1.38 bits per heavy atom. The Balaban J connectivity index is 2.99. The molecule has 4 heteroatoms. The van der Waals surface area contributed by atoms with E-state index in [4.69, 9.17) is 0 Å². The molecule has 1 nitrogen and oxygen atoms in total. The molecule has 0 unspecified atom stereocenters. The minimum absolute atomic E-state index is 0.0774. The predicted octanol–water partition coefficient (Wildman–Crippen LogP) is 3.07. The fraction of sp³-hybridized carbons (Fsp3) is 0.111. The molecule has 0 saturated carbocycles. The molecule has 0 radical (unpaired) electrons. The van der Waals surface area contributed by atoms with Crippen molar-refractivity contribution in [2.45, 2.75) is 6.61 Å². The molecule has 1 rings (SSSR count). The van der Waals surface area contributed by atoms with Crippen LogP contribution in [0.4, 0.5) is 13.2 Å². The van der Waals surface area contributed by atoms with E-state index >= 15 is 0 Å². The van der Waals surface area contributed by atoms with Crippen molar-refractivity contribution in [1.29, 1.82) is 0 Å². The van der Waals surface area contributed by atoms with E-state index in [0.717, 1.165) is 18.2 Å². The molecular weight excluding hydrogens is 181 g/mol. The molecule has 1 aromatic carbocycles. The van der Waals surface area contributed by atoms with Crippen molar-refractivity contribution < 1.29 is 17.9 Å². The van der Waals surface area contributed by atoms with Gasteiger partial charge in [0, 0.05) is 5.56 Å². The summed E-state index contributed by atoms with van der Waals surface area (Å²) in [4.78, 5) is 0. The van der Waals surface area contributed by atoms with Gasteiger partial charge in [0.2, 0.25) is 0 Å². The van der Waals surface area contributed by atoms with Crippen molar-refractivity contribution in [2.75, 3.05) is 0 Å². The van der Waals surface area contributed by atoms with E-state index in [1.165, 1.54) is 6.08 Å². The van der Waals surface area contributed by atoms with E-state index in [1.54, 1.807) is 0 Å². The molecule has 70 valence electrons. The second kappa shape index (κ2) is 3.98. The minimum atomic E-state index is -2.91. The molecule has 0 atom stereocenters. The summed E-state index contributed by atoms with van der Waals surface area (Å²) >= 11 is 0. The summed E-state index contributed by atoms with van der Waals surface area (Å²) in [5.74, 6) is -0.595. The molecular formula is C9H7F3O. The Morgan fingerprint density at radius 3 is 2.62 bits per heavy atom. The summed E-state index contributed by atoms with van der Waals surface area (Å²) in [5.41, 5.74) is 0.209. The number of benzene rings is 1. The first kappa shape index (κ1) is 9.64. The third kappa shape index (κ3) is 2.50. The quantitative estimate of drug-likeness (QED) is 0.708. The van der Waals surface area contributed by atoms with Crippen molar-refractivity contribution in [3.8, 4) is 5.75 Å². The Morgan fingerprint density at radius 2 is 2.08 bits per heavy atom. The molecule has 13 heavy (non-hydrogen) atoms. The van der Waals surface area contributed by atoms with E-state index in [9.17, 15) is 13.2 Å². The van der Waals surface area contributed by atoms with E-state index in [0.29, 0.717) is 0 Å². The van der Waals surface area contributed by atoms with Crippen LogP contribution in [0.5, 0.6) is 5.75 Å². The monoisotopic (exact) mass is 188 g/mol.